The minimum absolute atomic E-state index is 0.213. The third-order valence-corrected chi connectivity index (χ3v) is 4.61. The number of hydrogen-bond acceptors (Lipinski definition) is 4. The minimum atomic E-state index is 0.213. The van der Waals surface area contributed by atoms with Crippen LogP contribution in [0.4, 0.5) is 0 Å². The first-order valence-electron chi connectivity index (χ1n) is 8.92. The molecule has 0 saturated carbocycles. The molecule has 0 atom stereocenters. The Bertz CT molecular complexity index is 618. The molecule has 0 aromatic heterocycles. The molecular weight excluding hydrogens is 302 g/mol. The molecule has 1 saturated heterocycles. The van der Waals surface area contributed by atoms with Gasteiger partial charge in [0.15, 0.2) is 0 Å². The van der Waals surface area contributed by atoms with Crippen molar-refractivity contribution in [2.24, 2.45) is 0 Å². The molecule has 0 radical (unpaired) electrons. The first kappa shape index (κ1) is 17.2. The summed E-state index contributed by atoms with van der Waals surface area (Å²) in [4.78, 5) is 2.44. The second-order valence-corrected chi connectivity index (χ2v) is 6.31. The van der Waals surface area contributed by atoms with Gasteiger partial charge < -0.3 is 14.6 Å². The Morgan fingerprint density at radius 1 is 1.00 bits per heavy atom. The zero-order valence-electron chi connectivity index (χ0n) is 14.2. The third kappa shape index (κ3) is 4.69. The van der Waals surface area contributed by atoms with E-state index in [2.05, 4.69) is 35.2 Å². The van der Waals surface area contributed by atoms with Crippen LogP contribution >= 0.6 is 0 Å². The molecule has 4 heteroatoms. The molecule has 0 amide bonds. The second-order valence-electron chi connectivity index (χ2n) is 6.31. The summed E-state index contributed by atoms with van der Waals surface area (Å²) in [5, 5.41) is 11.2. The van der Waals surface area contributed by atoms with Crippen LogP contribution in [-0.4, -0.2) is 55.6 Å². The molecular formula is C20H27NO3. The van der Waals surface area contributed by atoms with E-state index in [1.807, 2.05) is 12.1 Å². The average Bonchev–Trinajstić information content (AvgIpc) is 2.63. The van der Waals surface area contributed by atoms with Crippen molar-refractivity contribution in [1.82, 2.24) is 4.90 Å². The predicted molar refractivity (Wildman–Crippen MR) is 96.6 cm³/mol. The van der Waals surface area contributed by atoms with Gasteiger partial charge in [0.2, 0.25) is 0 Å². The second kappa shape index (κ2) is 9.02. The van der Waals surface area contributed by atoms with Crippen molar-refractivity contribution in [1.29, 1.82) is 0 Å². The molecule has 1 heterocycles. The number of piperidine rings is 1. The van der Waals surface area contributed by atoms with Gasteiger partial charge in [-0.05, 0) is 30.7 Å². The van der Waals surface area contributed by atoms with Crippen LogP contribution in [0.25, 0.3) is 10.8 Å². The fourth-order valence-corrected chi connectivity index (χ4v) is 3.22. The Kier molecular flexibility index (Phi) is 6.47. The molecule has 2 aromatic rings. The van der Waals surface area contributed by atoms with Crippen LogP contribution < -0.4 is 4.74 Å². The van der Waals surface area contributed by atoms with E-state index < -0.39 is 0 Å². The van der Waals surface area contributed by atoms with Crippen LogP contribution in [0.15, 0.2) is 42.5 Å². The Morgan fingerprint density at radius 3 is 2.62 bits per heavy atom. The highest BCUT2D eigenvalue weighted by Gasteiger charge is 2.19. The number of nitrogens with zero attached hydrogens (tertiary/aromatic N) is 1. The number of rotatable bonds is 8. The van der Waals surface area contributed by atoms with Gasteiger partial charge in [-0.15, -0.1) is 0 Å². The van der Waals surface area contributed by atoms with Gasteiger partial charge in [-0.25, -0.2) is 0 Å². The van der Waals surface area contributed by atoms with Crippen LogP contribution in [0, 0.1) is 0 Å². The molecule has 0 aliphatic carbocycles. The lowest BCUT2D eigenvalue weighted by atomic mass is 10.1. The topological polar surface area (TPSA) is 41.9 Å². The van der Waals surface area contributed by atoms with E-state index in [0.717, 1.165) is 44.6 Å². The van der Waals surface area contributed by atoms with E-state index in [-0.39, 0.29) is 6.61 Å². The fourth-order valence-electron chi connectivity index (χ4n) is 3.22. The highest BCUT2D eigenvalue weighted by Crippen LogP contribution is 2.25. The minimum Gasteiger partial charge on any atom is -0.492 e. The first-order chi connectivity index (χ1) is 11.9. The molecule has 0 bridgehead atoms. The van der Waals surface area contributed by atoms with Crippen molar-refractivity contribution in [3.05, 3.63) is 42.5 Å². The summed E-state index contributed by atoms with van der Waals surface area (Å²) in [6, 6.07) is 14.5. The summed E-state index contributed by atoms with van der Waals surface area (Å²) >= 11 is 0. The van der Waals surface area contributed by atoms with Gasteiger partial charge >= 0.3 is 0 Å². The number of benzene rings is 2. The lowest BCUT2D eigenvalue weighted by Gasteiger charge is -2.31. The summed E-state index contributed by atoms with van der Waals surface area (Å²) in [5.74, 6) is 0.968. The van der Waals surface area contributed by atoms with E-state index in [9.17, 15) is 0 Å². The van der Waals surface area contributed by atoms with Crippen LogP contribution in [0.5, 0.6) is 5.75 Å². The first-order valence-corrected chi connectivity index (χ1v) is 8.92. The Morgan fingerprint density at radius 2 is 1.79 bits per heavy atom. The van der Waals surface area contributed by atoms with Crippen LogP contribution in [0.2, 0.25) is 0 Å². The largest absolute Gasteiger partial charge is 0.492 e. The lowest BCUT2D eigenvalue weighted by Crippen LogP contribution is -2.39. The molecule has 1 aliphatic rings. The standard InChI is InChI=1S/C20H27NO3/c22-14-4-15-23-18-9-11-21(12-10-18)13-16-24-20-8-3-6-17-5-1-2-7-19(17)20/h1-3,5-8,18,22H,4,9-16H2. The maximum atomic E-state index is 8.79. The molecule has 0 unspecified atom stereocenters. The third-order valence-electron chi connectivity index (χ3n) is 4.61. The van der Waals surface area contributed by atoms with Gasteiger partial charge in [0.25, 0.3) is 0 Å². The number of likely N-dealkylation sites (tertiary alicyclic amines) is 1. The fraction of sp³-hybridized carbons (Fsp3) is 0.500. The smallest absolute Gasteiger partial charge is 0.127 e. The Labute approximate surface area is 144 Å². The highest BCUT2D eigenvalue weighted by molar-refractivity contribution is 5.88. The van der Waals surface area contributed by atoms with Gasteiger partial charge in [-0.3, -0.25) is 4.90 Å². The van der Waals surface area contributed by atoms with Crippen molar-refractivity contribution in [3.63, 3.8) is 0 Å². The van der Waals surface area contributed by atoms with Gasteiger partial charge in [0.1, 0.15) is 12.4 Å². The SMILES string of the molecule is OCCCOC1CCN(CCOc2cccc3ccccc23)CC1. The number of fused-ring (bicyclic) bond motifs is 1. The van der Waals surface area contributed by atoms with Crippen molar-refractivity contribution in [2.75, 3.05) is 39.5 Å². The number of aliphatic hydroxyl groups is 1. The summed E-state index contributed by atoms with van der Waals surface area (Å²) in [5.41, 5.74) is 0. The molecule has 1 fully saturated rings. The molecule has 0 spiro atoms. The molecule has 3 rings (SSSR count). The highest BCUT2D eigenvalue weighted by atomic mass is 16.5. The molecule has 4 nitrogen and oxygen atoms in total. The Hall–Kier alpha value is -1.62. The number of ether oxygens (including phenoxy) is 2. The summed E-state index contributed by atoms with van der Waals surface area (Å²) in [7, 11) is 0. The van der Waals surface area contributed by atoms with Crippen molar-refractivity contribution >= 4 is 10.8 Å². The van der Waals surface area contributed by atoms with Crippen molar-refractivity contribution < 1.29 is 14.6 Å². The monoisotopic (exact) mass is 329 g/mol. The molecule has 2 aromatic carbocycles. The molecule has 1 N–H and O–H groups in total. The zero-order valence-corrected chi connectivity index (χ0v) is 14.2. The van der Waals surface area contributed by atoms with Gasteiger partial charge in [-0.1, -0.05) is 36.4 Å². The van der Waals surface area contributed by atoms with Crippen LogP contribution in [0.1, 0.15) is 19.3 Å². The van der Waals surface area contributed by atoms with Crippen molar-refractivity contribution in [2.45, 2.75) is 25.4 Å². The van der Waals surface area contributed by atoms with Gasteiger partial charge in [-0.2, -0.15) is 0 Å². The zero-order chi connectivity index (χ0) is 16.6. The molecule has 1 aliphatic heterocycles. The van der Waals surface area contributed by atoms with E-state index in [4.69, 9.17) is 14.6 Å². The maximum absolute atomic E-state index is 8.79. The lowest BCUT2D eigenvalue weighted by molar-refractivity contribution is 0.000437. The average molecular weight is 329 g/mol. The van der Waals surface area contributed by atoms with Crippen molar-refractivity contribution in [3.8, 4) is 5.75 Å². The van der Waals surface area contributed by atoms with E-state index in [0.29, 0.717) is 19.3 Å². The van der Waals surface area contributed by atoms with Crippen LogP contribution in [0.3, 0.4) is 0 Å². The van der Waals surface area contributed by atoms with Gasteiger partial charge in [0, 0.05) is 38.2 Å². The number of hydrogen-bond donors (Lipinski definition) is 1. The normalized spacial score (nSPS) is 16.5. The maximum Gasteiger partial charge on any atom is 0.127 e. The van der Waals surface area contributed by atoms with E-state index in [1.165, 1.54) is 10.8 Å². The predicted octanol–water partition coefficient (Wildman–Crippen LogP) is 3.08. The van der Waals surface area contributed by atoms with Gasteiger partial charge in [0.05, 0.1) is 6.10 Å². The Balaban J connectivity index is 1.41. The van der Waals surface area contributed by atoms with Crippen LogP contribution in [-0.2, 0) is 4.74 Å². The summed E-state index contributed by atoms with van der Waals surface area (Å²) in [6.45, 7) is 4.66. The summed E-state index contributed by atoms with van der Waals surface area (Å²) in [6.07, 6.45) is 3.23. The number of aliphatic hydroxyl groups excluding tert-OH is 1. The quantitative estimate of drug-likeness (QED) is 0.756. The van der Waals surface area contributed by atoms with E-state index in [1.54, 1.807) is 0 Å². The summed E-state index contributed by atoms with van der Waals surface area (Å²) < 4.78 is 11.8. The molecule has 24 heavy (non-hydrogen) atoms. The van der Waals surface area contributed by atoms with E-state index >= 15 is 0 Å². The molecule has 130 valence electrons.